The van der Waals surface area contributed by atoms with E-state index in [2.05, 4.69) is 11.0 Å². The van der Waals surface area contributed by atoms with Gasteiger partial charge in [0, 0.05) is 6.54 Å². The van der Waals surface area contributed by atoms with Crippen LogP contribution in [0.2, 0.25) is 0 Å². The van der Waals surface area contributed by atoms with Crippen molar-refractivity contribution in [2.45, 2.75) is 31.7 Å². The van der Waals surface area contributed by atoms with Crippen LogP contribution >= 0.6 is 0 Å². The van der Waals surface area contributed by atoms with Gasteiger partial charge in [-0.2, -0.15) is 0 Å². The summed E-state index contributed by atoms with van der Waals surface area (Å²) in [5.74, 6) is 1.07. The monoisotopic (exact) mass is 265 g/mol. The van der Waals surface area contributed by atoms with Crippen LogP contribution in [-0.4, -0.2) is 42.9 Å². The van der Waals surface area contributed by atoms with E-state index < -0.39 is 0 Å². The van der Waals surface area contributed by atoms with Crippen molar-refractivity contribution in [2.24, 2.45) is 5.41 Å². The summed E-state index contributed by atoms with van der Waals surface area (Å²) in [6, 6.07) is 4.40. The van der Waals surface area contributed by atoms with Crippen molar-refractivity contribution in [2.75, 3.05) is 32.9 Å². The van der Waals surface area contributed by atoms with Gasteiger partial charge in [0.05, 0.1) is 37.5 Å². The van der Waals surface area contributed by atoms with Gasteiger partial charge in [-0.3, -0.25) is 4.90 Å². The minimum Gasteiger partial charge on any atom is -0.468 e. The third-order valence-electron chi connectivity index (χ3n) is 4.43. The molecule has 2 aliphatic heterocycles. The molecule has 1 aromatic rings. The molecule has 1 unspecified atom stereocenters. The number of furan rings is 1. The zero-order valence-electron chi connectivity index (χ0n) is 11.4. The summed E-state index contributed by atoms with van der Waals surface area (Å²) in [5.41, 5.74) is -0.0464. The van der Waals surface area contributed by atoms with Gasteiger partial charge in [-0.05, 0) is 31.5 Å². The number of aliphatic hydroxyl groups is 1. The highest BCUT2D eigenvalue weighted by molar-refractivity contribution is 5.06. The molecule has 4 nitrogen and oxygen atoms in total. The zero-order chi connectivity index (χ0) is 13.1. The van der Waals surface area contributed by atoms with E-state index in [1.54, 1.807) is 6.26 Å². The second-order valence-corrected chi connectivity index (χ2v) is 6.00. The highest BCUT2D eigenvalue weighted by atomic mass is 16.5. The van der Waals surface area contributed by atoms with Crippen molar-refractivity contribution < 1.29 is 14.3 Å². The topological polar surface area (TPSA) is 45.8 Å². The molecule has 0 aliphatic carbocycles. The maximum Gasteiger partial charge on any atom is 0.120 e. The SMILES string of the molecule is OCC1(CN2CCCCCC2c2ccco2)COC1. The molecule has 0 radical (unpaired) electrons. The van der Waals surface area contributed by atoms with Crippen LogP contribution in [0.15, 0.2) is 22.8 Å². The Hall–Kier alpha value is -0.840. The molecule has 4 heteroatoms. The van der Waals surface area contributed by atoms with E-state index in [1.807, 2.05) is 6.07 Å². The fourth-order valence-electron chi connectivity index (χ4n) is 3.21. The summed E-state index contributed by atoms with van der Waals surface area (Å²) < 4.78 is 10.9. The third kappa shape index (κ3) is 2.71. The Bertz CT molecular complexity index is 381. The van der Waals surface area contributed by atoms with Crippen molar-refractivity contribution in [1.29, 1.82) is 0 Å². The molecule has 2 aliphatic rings. The average Bonchev–Trinajstić information content (AvgIpc) is 2.81. The number of aliphatic hydroxyl groups excluding tert-OH is 1. The molecule has 2 saturated heterocycles. The van der Waals surface area contributed by atoms with Crippen LogP contribution in [0.1, 0.15) is 37.5 Å². The van der Waals surface area contributed by atoms with Crippen LogP contribution in [-0.2, 0) is 4.74 Å². The average molecular weight is 265 g/mol. The van der Waals surface area contributed by atoms with Gasteiger partial charge in [0.15, 0.2) is 0 Å². The van der Waals surface area contributed by atoms with Gasteiger partial charge in [0.2, 0.25) is 0 Å². The molecular formula is C15H23NO3. The number of rotatable bonds is 4. The highest BCUT2D eigenvalue weighted by Gasteiger charge is 2.41. The Labute approximate surface area is 114 Å². The first-order chi connectivity index (χ1) is 9.33. The summed E-state index contributed by atoms with van der Waals surface area (Å²) in [6.07, 6.45) is 6.68. The largest absolute Gasteiger partial charge is 0.468 e. The van der Waals surface area contributed by atoms with E-state index in [0.717, 1.165) is 25.3 Å². The standard InChI is InChI=1S/C15H23NO3/c17-10-15(11-18-12-15)9-16-7-3-1-2-5-13(16)14-6-4-8-19-14/h4,6,8,13,17H,1-3,5,7,9-12H2. The zero-order valence-corrected chi connectivity index (χ0v) is 11.4. The van der Waals surface area contributed by atoms with E-state index in [1.165, 1.54) is 19.3 Å². The maximum absolute atomic E-state index is 9.62. The predicted molar refractivity (Wildman–Crippen MR) is 71.8 cm³/mol. The summed E-state index contributed by atoms with van der Waals surface area (Å²) in [7, 11) is 0. The predicted octanol–water partition coefficient (Wildman–Crippen LogP) is 2.21. The molecule has 2 fully saturated rings. The Morgan fingerprint density at radius 3 is 2.84 bits per heavy atom. The van der Waals surface area contributed by atoms with E-state index in [0.29, 0.717) is 19.3 Å². The van der Waals surface area contributed by atoms with Gasteiger partial charge in [-0.25, -0.2) is 0 Å². The second-order valence-electron chi connectivity index (χ2n) is 6.00. The molecule has 3 rings (SSSR count). The van der Waals surface area contributed by atoms with Crippen LogP contribution in [0.3, 0.4) is 0 Å². The van der Waals surface area contributed by atoms with Crippen molar-refractivity contribution >= 4 is 0 Å². The summed E-state index contributed by atoms with van der Waals surface area (Å²) >= 11 is 0. The van der Waals surface area contributed by atoms with Gasteiger partial charge in [-0.1, -0.05) is 12.8 Å². The van der Waals surface area contributed by atoms with E-state index >= 15 is 0 Å². The first-order valence-corrected chi connectivity index (χ1v) is 7.29. The lowest BCUT2D eigenvalue weighted by Crippen LogP contribution is -2.53. The van der Waals surface area contributed by atoms with E-state index in [4.69, 9.17) is 9.15 Å². The Balaban J connectivity index is 1.75. The molecular weight excluding hydrogens is 242 g/mol. The molecule has 0 saturated carbocycles. The Morgan fingerprint density at radius 2 is 2.21 bits per heavy atom. The van der Waals surface area contributed by atoms with Crippen LogP contribution < -0.4 is 0 Å². The number of likely N-dealkylation sites (tertiary alicyclic amines) is 1. The smallest absolute Gasteiger partial charge is 0.120 e. The van der Waals surface area contributed by atoms with E-state index in [9.17, 15) is 5.11 Å². The van der Waals surface area contributed by atoms with Gasteiger partial charge in [0.25, 0.3) is 0 Å². The Kier molecular flexibility index (Phi) is 3.91. The van der Waals surface area contributed by atoms with Gasteiger partial charge < -0.3 is 14.3 Å². The molecule has 19 heavy (non-hydrogen) atoms. The lowest BCUT2D eigenvalue weighted by Gasteiger charge is -2.44. The van der Waals surface area contributed by atoms with Crippen molar-refractivity contribution in [3.63, 3.8) is 0 Å². The van der Waals surface area contributed by atoms with Gasteiger partial charge >= 0.3 is 0 Å². The van der Waals surface area contributed by atoms with Crippen LogP contribution in [0.5, 0.6) is 0 Å². The highest BCUT2D eigenvalue weighted by Crippen LogP contribution is 2.35. The minimum absolute atomic E-state index is 0.0464. The van der Waals surface area contributed by atoms with Gasteiger partial charge in [0.1, 0.15) is 5.76 Å². The Morgan fingerprint density at radius 1 is 1.32 bits per heavy atom. The molecule has 1 N–H and O–H groups in total. The first-order valence-electron chi connectivity index (χ1n) is 7.29. The molecule has 1 aromatic heterocycles. The lowest BCUT2D eigenvalue weighted by molar-refractivity contribution is -0.152. The number of nitrogens with zero attached hydrogens (tertiary/aromatic N) is 1. The molecule has 0 bridgehead atoms. The molecule has 3 heterocycles. The van der Waals surface area contributed by atoms with Crippen molar-refractivity contribution in [3.8, 4) is 0 Å². The molecule has 1 atom stereocenters. The quantitative estimate of drug-likeness (QED) is 0.906. The third-order valence-corrected chi connectivity index (χ3v) is 4.43. The summed E-state index contributed by atoms with van der Waals surface area (Å²) in [4.78, 5) is 2.49. The first kappa shape index (κ1) is 13.2. The van der Waals surface area contributed by atoms with Crippen molar-refractivity contribution in [3.05, 3.63) is 24.2 Å². The maximum atomic E-state index is 9.62. The lowest BCUT2D eigenvalue weighted by atomic mass is 9.85. The number of hydrogen-bond acceptors (Lipinski definition) is 4. The van der Waals surface area contributed by atoms with Crippen LogP contribution in [0, 0.1) is 5.41 Å². The fourth-order valence-corrected chi connectivity index (χ4v) is 3.21. The minimum atomic E-state index is -0.0464. The molecule has 0 spiro atoms. The van der Waals surface area contributed by atoms with Crippen LogP contribution in [0.4, 0.5) is 0 Å². The van der Waals surface area contributed by atoms with Crippen molar-refractivity contribution in [1.82, 2.24) is 4.90 Å². The second kappa shape index (κ2) is 5.65. The summed E-state index contributed by atoms with van der Waals surface area (Å²) in [6.45, 7) is 3.59. The summed E-state index contributed by atoms with van der Waals surface area (Å²) in [5, 5.41) is 9.62. The van der Waals surface area contributed by atoms with E-state index in [-0.39, 0.29) is 12.0 Å². The molecule has 0 aromatic carbocycles. The fraction of sp³-hybridized carbons (Fsp3) is 0.733. The molecule has 0 amide bonds. The van der Waals surface area contributed by atoms with Crippen LogP contribution in [0.25, 0.3) is 0 Å². The van der Waals surface area contributed by atoms with Gasteiger partial charge in [-0.15, -0.1) is 0 Å². The number of hydrogen-bond donors (Lipinski definition) is 1. The number of ether oxygens (including phenoxy) is 1. The molecule has 106 valence electrons. The normalized spacial score (nSPS) is 27.7.